The van der Waals surface area contributed by atoms with E-state index in [-0.39, 0.29) is 12.4 Å². The Labute approximate surface area is 91.0 Å². The van der Waals surface area contributed by atoms with Crippen LogP contribution in [0.5, 0.6) is 5.75 Å². The average Bonchev–Trinajstić information content (AvgIpc) is 2.16. The lowest BCUT2D eigenvalue weighted by atomic mass is 10.1. The van der Waals surface area contributed by atoms with Gasteiger partial charge in [0.15, 0.2) is 0 Å². The Kier molecular flexibility index (Phi) is 4.14. The summed E-state index contributed by atoms with van der Waals surface area (Å²) in [5.74, 6) is -0.281. The monoisotopic (exact) mass is 235 g/mol. The van der Waals surface area contributed by atoms with Crippen molar-refractivity contribution in [3.05, 3.63) is 29.8 Å². The van der Waals surface area contributed by atoms with Gasteiger partial charge in [0.2, 0.25) is 0 Å². The van der Waals surface area contributed by atoms with Gasteiger partial charge in [0.1, 0.15) is 5.75 Å². The van der Waals surface area contributed by atoms with Gasteiger partial charge in [-0.15, -0.1) is 13.2 Å². The first-order valence-electron chi connectivity index (χ1n) is 4.52. The summed E-state index contributed by atoms with van der Waals surface area (Å²) in [5, 5.41) is 0. The van der Waals surface area contributed by atoms with Gasteiger partial charge < -0.3 is 15.2 Å². The number of halogens is 3. The Bertz CT molecular complexity index is 341. The largest absolute Gasteiger partial charge is 0.573 e. The lowest BCUT2D eigenvalue weighted by molar-refractivity contribution is -0.274. The van der Waals surface area contributed by atoms with Crippen molar-refractivity contribution in [3.63, 3.8) is 0 Å². The van der Waals surface area contributed by atoms with Crippen LogP contribution in [0.2, 0.25) is 0 Å². The van der Waals surface area contributed by atoms with Crippen molar-refractivity contribution in [1.29, 1.82) is 0 Å². The fourth-order valence-electron chi connectivity index (χ4n) is 1.22. The van der Waals surface area contributed by atoms with Crippen molar-refractivity contribution < 1.29 is 22.6 Å². The van der Waals surface area contributed by atoms with Gasteiger partial charge in [-0.25, -0.2) is 0 Å². The molecule has 0 aliphatic carbocycles. The van der Waals surface area contributed by atoms with Crippen LogP contribution in [-0.2, 0) is 4.74 Å². The Balaban J connectivity index is 2.78. The van der Waals surface area contributed by atoms with Crippen LogP contribution in [0.3, 0.4) is 0 Å². The minimum atomic E-state index is -4.69. The first-order chi connectivity index (χ1) is 7.42. The quantitative estimate of drug-likeness (QED) is 0.870. The molecule has 16 heavy (non-hydrogen) atoms. The summed E-state index contributed by atoms with van der Waals surface area (Å²) < 4.78 is 44.4. The fraction of sp³-hybridized carbons (Fsp3) is 0.400. The maximum absolute atomic E-state index is 11.9. The molecule has 0 heterocycles. The van der Waals surface area contributed by atoms with Crippen LogP contribution in [0, 0.1) is 0 Å². The predicted molar refractivity (Wildman–Crippen MR) is 51.9 cm³/mol. The van der Waals surface area contributed by atoms with Crippen molar-refractivity contribution in [3.8, 4) is 5.75 Å². The van der Waals surface area contributed by atoms with Gasteiger partial charge in [0, 0.05) is 7.11 Å². The Morgan fingerprint density at radius 3 is 2.62 bits per heavy atom. The molecule has 1 aromatic rings. The summed E-state index contributed by atoms with van der Waals surface area (Å²) >= 11 is 0. The van der Waals surface area contributed by atoms with Gasteiger partial charge in [-0.05, 0) is 17.7 Å². The second-order valence-electron chi connectivity index (χ2n) is 3.18. The second kappa shape index (κ2) is 5.18. The number of hydrogen-bond acceptors (Lipinski definition) is 3. The third-order valence-corrected chi connectivity index (χ3v) is 1.87. The number of methoxy groups -OCH3 is 1. The molecule has 0 saturated carbocycles. The Morgan fingerprint density at radius 2 is 2.06 bits per heavy atom. The van der Waals surface area contributed by atoms with E-state index in [0.717, 1.165) is 0 Å². The molecule has 0 aromatic heterocycles. The van der Waals surface area contributed by atoms with Crippen LogP contribution in [0.4, 0.5) is 13.2 Å². The molecule has 1 unspecified atom stereocenters. The summed E-state index contributed by atoms with van der Waals surface area (Å²) in [6.07, 6.45) is -4.69. The molecule has 0 aliphatic rings. The summed E-state index contributed by atoms with van der Waals surface area (Å²) in [5.41, 5.74) is 6.21. The van der Waals surface area contributed by atoms with E-state index in [0.29, 0.717) is 5.56 Å². The van der Waals surface area contributed by atoms with Crippen molar-refractivity contribution in [2.75, 3.05) is 13.7 Å². The fourth-order valence-corrected chi connectivity index (χ4v) is 1.22. The summed E-state index contributed by atoms with van der Waals surface area (Å²) in [6, 6.07) is 5.06. The van der Waals surface area contributed by atoms with Crippen LogP contribution >= 0.6 is 0 Å². The van der Waals surface area contributed by atoms with Gasteiger partial charge >= 0.3 is 6.36 Å². The molecule has 1 rings (SSSR count). The molecule has 2 N–H and O–H groups in total. The van der Waals surface area contributed by atoms with Gasteiger partial charge in [-0.1, -0.05) is 12.1 Å². The molecular formula is C10H12F3NO2. The van der Waals surface area contributed by atoms with E-state index in [1.165, 1.54) is 25.3 Å². The molecule has 0 radical (unpaired) electrons. The third-order valence-electron chi connectivity index (χ3n) is 1.87. The summed E-state index contributed by atoms with van der Waals surface area (Å²) in [6.45, 7) is 0.232. The zero-order valence-corrected chi connectivity index (χ0v) is 8.62. The first-order valence-corrected chi connectivity index (χ1v) is 4.52. The molecular weight excluding hydrogens is 223 g/mol. The highest BCUT2D eigenvalue weighted by Gasteiger charge is 2.31. The molecule has 0 saturated heterocycles. The van der Waals surface area contributed by atoms with E-state index in [1.807, 2.05) is 0 Å². The molecule has 0 aliphatic heterocycles. The molecule has 6 heteroatoms. The van der Waals surface area contributed by atoms with Gasteiger partial charge in [-0.3, -0.25) is 0 Å². The number of hydrogen-bond donors (Lipinski definition) is 1. The molecule has 90 valence electrons. The molecule has 0 bridgehead atoms. The van der Waals surface area contributed by atoms with E-state index in [2.05, 4.69) is 4.74 Å². The molecule has 3 nitrogen and oxygen atoms in total. The third kappa shape index (κ3) is 4.08. The first kappa shape index (κ1) is 12.8. The standard InChI is InChI=1S/C10H12F3NO2/c1-15-6-9(14)7-3-2-4-8(5-7)16-10(11,12)13/h2-5,9H,6,14H2,1H3. The van der Waals surface area contributed by atoms with E-state index in [4.69, 9.17) is 10.5 Å². The number of nitrogens with two attached hydrogens (primary N) is 1. The summed E-state index contributed by atoms with van der Waals surface area (Å²) in [4.78, 5) is 0. The molecule has 1 atom stereocenters. The minimum absolute atomic E-state index is 0.232. The summed E-state index contributed by atoms with van der Waals surface area (Å²) in [7, 11) is 1.47. The zero-order chi connectivity index (χ0) is 12.2. The van der Waals surface area contributed by atoms with Crippen molar-refractivity contribution in [1.82, 2.24) is 0 Å². The van der Waals surface area contributed by atoms with Crippen LogP contribution in [0.25, 0.3) is 0 Å². The van der Waals surface area contributed by atoms with Crippen LogP contribution in [-0.4, -0.2) is 20.1 Å². The Morgan fingerprint density at radius 1 is 1.38 bits per heavy atom. The van der Waals surface area contributed by atoms with Gasteiger partial charge in [-0.2, -0.15) is 0 Å². The van der Waals surface area contributed by atoms with E-state index in [1.54, 1.807) is 6.07 Å². The van der Waals surface area contributed by atoms with Crippen molar-refractivity contribution in [2.24, 2.45) is 5.73 Å². The minimum Gasteiger partial charge on any atom is -0.406 e. The normalized spacial score (nSPS) is 13.6. The van der Waals surface area contributed by atoms with E-state index in [9.17, 15) is 13.2 Å². The van der Waals surface area contributed by atoms with E-state index >= 15 is 0 Å². The SMILES string of the molecule is COCC(N)c1cccc(OC(F)(F)F)c1. The molecule has 0 spiro atoms. The van der Waals surface area contributed by atoms with Gasteiger partial charge in [0.25, 0.3) is 0 Å². The highest BCUT2D eigenvalue weighted by Crippen LogP contribution is 2.24. The lowest BCUT2D eigenvalue weighted by Gasteiger charge is -2.13. The van der Waals surface area contributed by atoms with Crippen LogP contribution < -0.4 is 10.5 Å². The number of rotatable bonds is 4. The number of ether oxygens (including phenoxy) is 2. The maximum atomic E-state index is 11.9. The van der Waals surface area contributed by atoms with Gasteiger partial charge in [0.05, 0.1) is 12.6 Å². The van der Waals surface area contributed by atoms with Crippen LogP contribution in [0.15, 0.2) is 24.3 Å². The maximum Gasteiger partial charge on any atom is 0.573 e. The second-order valence-corrected chi connectivity index (χ2v) is 3.18. The molecule has 0 amide bonds. The topological polar surface area (TPSA) is 44.5 Å². The number of alkyl halides is 3. The van der Waals surface area contributed by atoms with Crippen molar-refractivity contribution in [2.45, 2.75) is 12.4 Å². The smallest absolute Gasteiger partial charge is 0.406 e. The lowest BCUT2D eigenvalue weighted by Crippen LogP contribution is -2.19. The van der Waals surface area contributed by atoms with E-state index < -0.39 is 12.4 Å². The Hall–Kier alpha value is -1.27. The highest BCUT2D eigenvalue weighted by molar-refractivity contribution is 5.30. The predicted octanol–water partition coefficient (Wildman–Crippen LogP) is 2.23. The highest BCUT2D eigenvalue weighted by atomic mass is 19.4. The molecule has 0 fully saturated rings. The number of benzene rings is 1. The molecule has 1 aromatic carbocycles. The van der Waals surface area contributed by atoms with Crippen LogP contribution in [0.1, 0.15) is 11.6 Å². The zero-order valence-electron chi connectivity index (χ0n) is 8.62. The van der Waals surface area contributed by atoms with Crippen molar-refractivity contribution >= 4 is 0 Å². The average molecular weight is 235 g/mol.